The number of hydrogen-bond acceptors (Lipinski definition) is 3. The van der Waals surface area contributed by atoms with Crippen LogP contribution in [0.4, 0.5) is 0 Å². The zero-order chi connectivity index (χ0) is 27.1. The van der Waals surface area contributed by atoms with Crippen molar-refractivity contribution in [3.05, 3.63) is 129 Å². The zero-order valence-corrected chi connectivity index (χ0v) is 23.7. The third kappa shape index (κ3) is 2.83. The highest BCUT2D eigenvalue weighted by molar-refractivity contribution is 8.03. The van der Waals surface area contributed by atoms with Gasteiger partial charge in [-0.2, -0.15) is 0 Å². The second-order valence-electron chi connectivity index (χ2n) is 12.4. The first-order chi connectivity index (χ1) is 20.8. The number of hydrogen-bond donors (Lipinski definition) is 0. The standard InChI is InChI=1S/C38H25N3S/c1-2-6-20(7-3-1)37-25-8-4-5-9-31(25)39-38(40-37)41-32-15-22-11-10-21(22)14-27(32)28-18-30-34(19-33(28)41)42-35-16-23-12-13-24(23)26-17-29(26)36(30)35/h1-9,14-19,29,36H,10-13H2. The molecule has 5 aliphatic rings. The molecule has 0 amide bonds. The number of fused-ring (bicyclic) bond motifs is 11. The molecule has 11 rings (SSSR count). The average molecular weight is 556 g/mol. The van der Waals surface area contributed by atoms with Gasteiger partial charge in [0, 0.05) is 38.5 Å². The second-order valence-corrected chi connectivity index (χ2v) is 13.5. The number of para-hydroxylation sites is 1. The van der Waals surface area contributed by atoms with Crippen LogP contribution in [-0.4, -0.2) is 14.5 Å². The van der Waals surface area contributed by atoms with E-state index in [1.165, 1.54) is 67.6 Å². The molecule has 0 N–H and O–H groups in total. The molecule has 3 heterocycles. The van der Waals surface area contributed by atoms with E-state index in [1.807, 2.05) is 11.8 Å². The fraction of sp³-hybridized carbons (Fsp3) is 0.158. The van der Waals surface area contributed by atoms with Gasteiger partial charge in [-0.05, 0) is 100 Å². The summed E-state index contributed by atoms with van der Waals surface area (Å²) in [7, 11) is 0. The summed E-state index contributed by atoms with van der Waals surface area (Å²) in [5.74, 6) is 1.81. The Morgan fingerprint density at radius 1 is 0.738 bits per heavy atom. The van der Waals surface area contributed by atoms with Gasteiger partial charge >= 0.3 is 0 Å². The van der Waals surface area contributed by atoms with E-state index in [2.05, 4.69) is 95.6 Å². The molecule has 42 heavy (non-hydrogen) atoms. The quantitative estimate of drug-likeness (QED) is 0.213. The molecule has 3 nitrogen and oxygen atoms in total. The molecule has 0 saturated carbocycles. The van der Waals surface area contributed by atoms with Crippen molar-refractivity contribution in [1.82, 2.24) is 14.5 Å². The summed E-state index contributed by atoms with van der Waals surface area (Å²) in [6, 6.07) is 28.8. The first-order valence-corrected chi connectivity index (χ1v) is 15.9. The van der Waals surface area contributed by atoms with Crippen LogP contribution in [0.25, 0.3) is 49.9 Å². The molecule has 0 radical (unpaired) electrons. The van der Waals surface area contributed by atoms with E-state index in [0.29, 0.717) is 11.8 Å². The number of aryl methyl sites for hydroxylation is 2. The Hall–Kier alpha value is -4.41. The molecule has 2 aromatic heterocycles. The molecule has 0 fully saturated rings. The number of benzene rings is 4. The number of thioether (sulfide) groups is 1. The predicted octanol–water partition coefficient (Wildman–Crippen LogP) is 9.23. The van der Waals surface area contributed by atoms with Crippen molar-refractivity contribution >= 4 is 44.5 Å². The monoisotopic (exact) mass is 555 g/mol. The fourth-order valence-corrected chi connectivity index (χ4v) is 9.22. The lowest BCUT2D eigenvalue weighted by Crippen LogP contribution is -2.09. The normalized spacial score (nSPS) is 21.0. The summed E-state index contributed by atoms with van der Waals surface area (Å²) in [6.45, 7) is 0. The Kier molecular flexibility index (Phi) is 4.07. The van der Waals surface area contributed by atoms with E-state index in [0.717, 1.165) is 34.5 Å². The molecule has 2 atom stereocenters. The Morgan fingerprint density at radius 2 is 1.55 bits per heavy atom. The van der Waals surface area contributed by atoms with E-state index < -0.39 is 0 Å². The summed E-state index contributed by atoms with van der Waals surface area (Å²) in [5.41, 5.74) is 14.8. The third-order valence-corrected chi connectivity index (χ3v) is 11.4. The maximum atomic E-state index is 5.33. The van der Waals surface area contributed by atoms with Gasteiger partial charge in [-0.15, -0.1) is 0 Å². The first kappa shape index (κ1) is 22.2. The average Bonchev–Trinajstić information content (AvgIpc) is 3.58. The second kappa shape index (κ2) is 7.70. The van der Waals surface area contributed by atoms with Crippen LogP contribution in [0.3, 0.4) is 0 Å². The highest BCUT2D eigenvalue weighted by Crippen LogP contribution is 2.63. The highest BCUT2D eigenvalue weighted by Gasteiger charge is 2.46. The SMILES string of the molecule is C1=C2C3=C(C=C4Sc5cc6c(cc5C4C12)c1cc2c(cc1n6-c1nc(-c4ccccc4)c4ccccc4n1)CC2)CC3. The number of rotatable bonds is 2. The lowest BCUT2D eigenvalue weighted by atomic mass is 9.85. The van der Waals surface area contributed by atoms with Crippen LogP contribution in [0, 0.1) is 5.92 Å². The van der Waals surface area contributed by atoms with Crippen LogP contribution in [0.15, 0.2) is 118 Å². The molecule has 6 aromatic rings. The smallest absolute Gasteiger partial charge is 0.235 e. The molecular weight excluding hydrogens is 531 g/mol. The molecule has 0 saturated heterocycles. The van der Waals surface area contributed by atoms with Crippen LogP contribution < -0.4 is 0 Å². The van der Waals surface area contributed by atoms with Crippen LogP contribution in [0.5, 0.6) is 0 Å². The Labute approximate surface area is 247 Å². The number of nitrogens with zero attached hydrogens (tertiary/aromatic N) is 3. The van der Waals surface area contributed by atoms with E-state index in [9.17, 15) is 0 Å². The Morgan fingerprint density at radius 3 is 2.40 bits per heavy atom. The van der Waals surface area contributed by atoms with E-state index >= 15 is 0 Å². The van der Waals surface area contributed by atoms with Gasteiger partial charge in [-0.1, -0.05) is 66.4 Å². The molecule has 2 unspecified atom stereocenters. The molecule has 4 aromatic carbocycles. The first-order valence-electron chi connectivity index (χ1n) is 15.1. The van der Waals surface area contributed by atoms with Gasteiger partial charge < -0.3 is 0 Å². The van der Waals surface area contributed by atoms with Gasteiger partial charge in [0.15, 0.2) is 0 Å². The van der Waals surface area contributed by atoms with Gasteiger partial charge in [0.2, 0.25) is 5.95 Å². The van der Waals surface area contributed by atoms with Crippen LogP contribution >= 0.6 is 11.8 Å². The minimum Gasteiger partial charge on any atom is -0.278 e. The molecule has 1 aliphatic heterocycles. The molecular formula is C38H25N3S. The van der Waals surface area contributed by atoms with Crippen molar-refractivity contribution in [2.24, 2.45) is 5.92 Å². The fourth-order valence-electron chi connectivity index (χ4n) is 7.89. The minimum atomic E-state index is 0.474. The summed E-state index contributed by atoms with van der Waals surface area (Å²) < 4.78 is 2.35. The third-order valence-electron chi connectivity index (χ3n) is 10.3. The molecule has 0 bridgehead atoms. The predicted molar refractivity (Wildman–Crippen MR) is 171 cm³/mol. The van der Waals surface area contributed by atoms with Gasteiger partial charge in [-0.3, -0.25) is 4.57 Å². The van der Waals surface area contributed by atoms with Crippen LogP contribution in [0.2, 0.25) is 0 Å². The largest absolute Gasteiger partial charge is 0.278 e. The van der Waals surface area contributed by atoms with Gasteiger partial charge in [-0.25, -0.2) is 9.97 Å². The number of allylic oxidation sites excluding steroid dienone is 6. The molecule has 4 heteroatoms. The van der Waals surface area contributed by atoms with E-state index in [-0.39, 0.29) is 0 Å². The summed E-state index contributed by atoms with van der Waals surface area (Å²) in [5, 5.41) is 3.74. The highest BCUT2D eigenvalue weighted by atomic mass is 32.2. The van der Waals surface area contributed by atoms with Crippen molar-refractivity contribution in [3.8, 4) is 17.2 Å². The Bertz CT molecular complexity index is 2340. The van der Waals surface area contributed by atoms with Crippen molar-refractivity contribution in [2.75, 3.05) is 0 Å². The molecule has 0 spiro atoms. The van der Waals surface area contributed by atoms with Crippen molar-refractivity contribution in [3.63, 3.8) is 0 Å². The van der Waals surface area contributed by atoms with Gasteiger partial charge in [0.25, 0.3) is 0 Å². The molecule has 4 aliphatic carbocycles. The Balaban J connectivity index is 1.20. The molecule has 198 valence electrons. The number of aromatic nitrogens is 3. The maximum absolute atomic E-state index is 5.33. The van der Waals surface area contributed by atoms with E-state index in [1.54, 1.807) is 16.7 Å². The lowest BCUT2D eigenvalue weighted by molar-refractivity contribution is 0.746. The van der Waals surface area contributed by atoms with Gasteiger partial charge in [0.05, 0.1) is 22.2 Å². The minimum absolute atomic E-state index is 0.474. The summed E-state index contributed by atoms with van der Waals surface area (Å²) >= 11 is 1.99. The lowest BCUT2D eigenvalue weighted by Gasteiger charge is -2.19. The van der Waals surface area contributed by atoms with Crippen molar-refractivity contribution < 1.29 is 0 Å². The summed E-state index contributed by atoms with van der Waals surface area (Å²) in [4.78, 5) is 13.5. The van der Waals surface area contributed by atoms with Gasteiger partial charge in [0.1, 0.15) is 0 Å². The van der Waals surface area contributed by atoms with Crippen molar-refractivity contribution in [2.45, 2.75) is 36.5 Å². The van der Waals surface area contributed by atoms with Crippen LogP contribution in [0.1, 0.15) is 35.4 Å². The topological polar surface area (TPSA) is 30.7 Å². The van der Waals surface area contributed by atoms with Crippen LogP contribution in [-0.2, 0) is 12.8 Å². The zero-order valence-electron chi connectivity index (χ0n) is 22.9. The van der Waals surface area contributed by atoms with Crippen molar-refractivity contribution in [1.29, 1.82) is 0 Å². The maximum Gasteiger partial charge on any atom is 0.235 e. The van der Waals surface area contributed by atoms with E-state index in [4.69, 9.17) is 9.97 Å². The summed E-state index contributed by atoms with van der Waals surface area (Å²) in [6.07, 6.45) is 9.88.